The van der Waals surface area contributed by atoms with Crippen LogP contribution in [0.15, 0.2) is 12.1 Å². The Morgan fingerprint density at radius 2 is 2.10 bits per heavy atom. The van der Waals surface area contributed by atoms with Crippen molar-refractivity contribution in [2.75, 3.05) is 27.3 Å². The fourth-order valence-electron chi connectivity index (χ4n) is 1.87. The summed E-state index contributed by atoms with van der Waals surface area (Å²) in [7, 11) is 3.13. The number of hydrogen-bond donors (Lipinski definition) is 1. The third-order valence-corrected chi connectivity index (χ3v) is 3.19. The molecular formula is C15H23ClN2O3. The van der Waals surface area contributed by atoms with E-state index in [1.165, 1.54) is 12.0 Å². The highest BCUT2D eigenvalue weighted by molar-refractivity contribution is 6.29. The van der Waals surface area contributed by atoms with Gasteiger partial charge in [-0.15, -0.1) is 0 Å². The van der Waals surface area contributed by atoms with E-state index in [9.17, 15) is 9.90 Å². The van der Waals surface area contributed by atoms with Crippen LogP contribution in [-0.4, -0.2) is 54.3 Å². The molecule has 0 aliphatic heterocycles. The summed E-state index contributed by atoms with van der Waals surface area (Å²) in [6.07, 6.45) is -0.719. The molecule has 0 aliphatic rings. The number of likely N-dealkylation sites (N-methyl/N-ethyl adjacent to an activating group) is 1. The van der Waals surface area contributed by atoms with E-state index in [2.05, 4.69) is 4.98 Å². The van der Waals surface area contributed by atoms with Gasteiger partial charge >= 0.3 is 0 Å². The zero-order chi connectivity index (χ0) is 16.2. The van der Waals surface area contributed by atoms with Crippen LogP contribution in [0.4, 0.5) is 0 Å². The first kappa shape index (κ1) is 17.9. The Bertz CT molecular complexity index is 500. The maximum atomic E-state index is 12.4. The van der Waals surface area contributed by atoms with Gasteiger partial charge in [-0.3, -0.25) is 4.79 Å². The molecule has 5 nitrogen and oxygen atoms in total. The van der Waals surface area contributed by atoms with E-state index in [0.29, 0.717) is 5.56 Å². The highest BCUT2D eigenvalue weighted by Crippen LogP contribution is 2.23. The number of methoxy groups -OCH3 is 1. The van der Waals surface area contributed by atoms with Crippen molar-refractivity contribution in [1.82, 2.24) is 9.88 Å². The molecule has 1 amide bonds. The number of amides is 1. The van der Waals surface area contributed by atoms with Crippen molar-refractivity contribution in [3.05, 3.63) is 28.5 Å². The number of halogens is 1. The summed E-state index contributed by atoms with van der Waals surface area (Å²) in [5.41, 5.74) is 1.02. The van der Waals surface area contributed by atoms with Gasteiger partial charge in [0.2, 0.25) is 0 Å². The van der Waals surface area contributed by atoms with Gasteiger partial charge in [-0.1, -0.05) is 32.4 Å². The van der Waals surface area contributed by atoms with Crippen LogP contribution < -0.4 is 0 Å². The SMILES string of the molecule is COCC(O)CN(C)C(=O)c1cc(Cl)nc(C(C)(C)C)c1. The lowest BCUT2D eigenvalue weighted by Crippen LogP contribution is -2.36. The summed E-state index contributed by atoms with van der Waals surface area (Å²) in [6.45, 7) is 6.39. The molecule has 0 bridgehead atoms. The van der Waals surface area contributed by atoms with Gasteiger partial charge in [0, 0.05) is 37.4 Å². The molecular weight excluding hydrogens is 292 g/mol. The van der Waals surface area contributed by atoms with E-state index in [0.717, 1.165) is 5.69 Å². The molecule has 1 N–H and O–H groups in total. The maximum Gasteiger partial charge on any atom is 0.253 e. The molecule has 0 fully saturated rings. The van der Waals surface area contributed by atoms with E-state index < -0.39 is 6.10 Å². The van der Waals surface area contributed by atoms with Crippen LogP contribution in [0.2, 0.25) is 5.15 Å². The summed E-state index contributed by atoms with van der Waals surface area (Å²) >= 11 is 6.01. The first-order valence-electron chi connectivity index (χ1n) is 6.75. The van der Waals surface area contributed by atoms with E-state index in [1.54, 1.807) is 19.2 Å². The van der Waals surface area contributed by atoms with Crippen LogP contribution in [-0.2, 0) is 10.2 Å². The minimum Gasteiger partial charge on any atom is -0.389 e. The molecule has 21 heavy (non-hydrogen) atoms. The molecule has 0 radical (unpaired) electrons. The van der Waals surface area contributed by atoms with Crippen molar-refractivity contribution in [1.29, 1.82) is 0 Å². The predicted octanol–water partition coefficient (Wildman–Crippen LogP) is 2.11. The van der Waals surface area contributed by atoms with Crippen molar-refractivity contribution in [2.24, 2.45) is 0 Å². The van der Waals surface area contributed by atoms with Crippen LogP contribution in [0.1, 0.15) is 36.8 Å². The molecule has 0 aliphatic carbocycles. The fraction of sp³-hybridized carbons (Fsp3) is 0.600. The Balaban J connectivity index is 2.94. The van der Waals surface area contributed by atoms with Gasteiger partial charge in [0.05, 0.1) is 12.7 Å². The lowest BCUT2D eigenvalue weighted by molar-refractivity contribution is 0.0380. The molecule has 1 unspecified atom stereocenters. The molecule has 118 valence electrons. The van der Waals surface area contributed by atoms with Gasteiger partial charge in [0.15, 0.2) is 0 Å². The number of aliphatic hydroxyl groups is 1. The second kappa shape index (κ2) is 7.20. The average Bonchev–Trinajstić information content (AvgIpc) is 2.36. The van der Waals surface area contributed by atoms with Gasteiger partial charge in [0.1, 0.15) is 5.15 Å². The Labute approximate surface area is 130 Å². The van der Waals surface area contributed by atoms with Gasteiger partial charge in [-0.05, 0) is 12.1 Å². The number of rotatable bonds is 5. The Morgan fingerprint density at radius 3 is 2.62 bits per heavy atom. The molecule has 0 saturated heterocycles. The highest BCUT2D eigenvalue weighted by Gasteiger charge is 2.21. The number of pyridine rings is 1. The molecule has 1 atom stereocenters. The van der Waals surface area contributed by atoms with E-state index >= 15 is 0 Å². The first-order chi connectivity index (χ1) is 9.65. The Kier molecular flexibility index (Phi) is 6.13. The molecule has 1 aromatic heterocycles. The maximum absolute atomic E-state index is 12.4. The molecule has 1 heterocycles. The number of aliphatic hydroxyl groups excluding tert-OH is 1. The predicted molar refractivity (Wildman–Crippen MR) is 82.8 cm³/mol. The number of ether oxygens (including phenoxy) is 1. The van der Waals surface area contributed by atoms with Crippen molar-refractivity contribution in [3.8, 4) is 0 Å². The second-order valence-corrected chi connectivity index (χ2v) is 6.50. The summed E-state index contributed by atoms with van der Waals surface area (Å²) in [5, 5.41) is 9.99. The topological polar surface area (TPSA) is 62.7 Å². The van der Waals surface area contributed by atoms with Crippen LogP contribution in [0, 0.1) is 0 Å². The van der Waals surface area contributed by atoms with Crippen molar-refractivity contribution >= 4 is 17.5 Å². The second-order valence-electron chi connectivity index (χ2n) is 6.11. The van der Waals surface area contributed by atoms with E-state index in [-0.39, 0.29) is 29.6 Å². The third-order valence-electron chi connectivity index (χ3n) is 3.00. The molecule has 1 aromatic rings. The smallest absolute Gasteiger partial charge is 0.253 e. The minimum absolute atomic E-state index is 0.183. The summed E-state index contributed by atoms with van der Waals surface area (Å²) < 4.78 is 4.85. The highest BCUT2D eigenvalue weighted by atomic mass is 35.5. The van der Waals surface area contributed by atoms with Crippen molar-refractivity contribution in [2.45, 2.75) is 32.3 Å². The van der Waals surface area contributed by atoms with Gasteiger partial charge < -0.3 is 14.7 Å². The largest absolute Gasteiger partial charge is 0.389 e. The number of carbonyl (C=O) groups is 1. The Morgan fingerprint density at radius 1 is 1.48 bits per heavy atom. The lowest BCUT2D eigenvalue weighted by Gasteiger charge is -2.22. The van der Waals surface area contributed by atoms with Crippen molar-refractivity contribution in [3.63, 3.8) is 0 Å². The van der Waals surface area contributed by atoms with Gasteiger partial charge in [0.25, 0.3) is 5.91 Å². The van der Waals surface area contributed by atoms with Crippen molar-refractivity contribution < 1.29 is 14.6 Å². The number of hydrogen-bond acceptors (Lipinski definition) is 4. The summed E-state index contributed by atoms with van der Waals surface area (Å²) in [4.78, 5) is 18.1. The monoisotopic (exact) mass is 314 g/mol. The van der Waals surface area contributed by atoms with Crippen LogP contribution in [0.3, 0.4) is 0 Å². The molecule has 0 spiro atoms. The number of aromatic nitrogens is 1. The van der Waals surface area contributed by atoms with Gasteiger partial charge in [-0.2, -0.15) is 0 Å². The Hall–Kier alpha value is -1.17. The fourth-order valence-corrected chi connectivity index (χ4v) is 2.08. The number of carbonyl (C=O) groups excluding carboxylic acids is 1. The minimum atomic E-state index is -0.719. The molecule has 6 heteroatoms. The summed E-state index contributed by atoms with van der Waals surface area (Å²) in [6, 6.07) is 3.28. The zero-order valence-corrected chi connectivity index (χ0v) is 13.9. The number of nitrogens with zero attached hydrogens (tertiary/aromatic N) is 2. The van der Waals surface area contributed by atoms with Crippen LogP contribution in [0.5, 0.6) is 0 Å². The van der Waals surface area contributed by atoms with Crippen LogP contribution >= 0.6 is 11.6 Å². The summed E-state index contributed by atoms with van der Waals surface area (Å²) in [5.74, 6) is -0.208. The standard InChI is InChI=1S/C15H23ClN2O3/c1-15(2,3)12-6-10(7-13(16)17-12)14(20)18(4)8-11(19)9-21-5/h6-7,11,19H,8-9H2,1-5H3. The molecule has 1 rings (SSSR count). The normalized spacial score (nSPS) is 13.1. The first-order valence-corrected chi connectivity index (χ1v) is 7.13. The zero-order valence-electron chi connectivity index (χ0n) is 13.2. The molecule has 0 aromatic carbocycles. The quantitative estimate of drug-likeness (QED) is 0.846. The van der Waals surface area contributed by atoms with Crippen LogP contribution in [0.25, 0.3) is 0 Å². The van der Waals surface area contributed by atoms with E-state index in [1.807, 2.05) is 20.8 Å². The average molecular weight is 315 g/mol. The lowest BCUT2D eigenvalue weighted by atomic mass is 9.91. The van der Waals surface area contributed by atoms with E-state index in [4.69, 9.17) is 16.3 Å². The third kappa shape index (κ3) is 5.26. The molecule has 0 saturated carbocycles. The van der Waals surface area contributed by atoms with Gasteiger partial charge in [-0.25, -0.2) is 4.98 Å².